The summed E-state index contributed by atoms with van der Waals surface area (Å²) in [6.45, 7) is -0.0570. The molecule has 0 bridgehead atoms. The lowest BCUT2D eigenvalue weighted by molar-refractivity contribution is 0.0246. The number of pyridine rings is 1. The summed E-state index contributed by atoms with van der Waals surface area (Å²) >= 11 is 1.41. The van der Waals surface area contributed by atoms with Gasteiger partial charge in [-0.3, -0.25) is 9.67 Å². The van der Waals surface area contributed by atoms with Crippen LogP contribution in [0.15, 0.2) is 36.0 Å². The normalized spacial score (nSPS) is 23.5. The van der Waals surface area contributed by atoms with Crippen LogP contribution in [0.2, 0.25) is 0 Å². The van der Waals surface area contributed by atoms with Crippen LogP contribution in [-0.2, 0) is 11.8 Å². The molecule has 1 saturated heterocycles. The van der Waals surface area contributed by atoms with Crippen molar-refractivity contribution in [2.24, 2.45) is 12.8 Å². The molecule has 1 aliphatic heterocycles. The molecule has 0 radical (unpaired) electrons. The number of aliphatic hydroxyl groups is 1. The smallest absolute Gasteiger partial charge is 0.169 e. The van der Waals surface area contributed by atoms with Crippen molar-refractivity contribution in [2.75, 3.05) is 11.9 Å². The Morgan fingerprint density at radius 1 is 1.41 bits per heavy atom. The van der Waals surface area contributed by atoms with Gasteiger partial charge in [-0.1, -0.05) is 6.07 Å². The molecule has 1 unspecified atom stereocenters. The lowest BCUT2D eigenvalue weighted by Gasteiger charge is -2.19. The second-order valence-electron chi connectivity index (χ2n) is 6.99. The molecular formula is C19H23FN6O2S. The molecule has 1 fully saturated rings. The number of nitrogens with one attached hydrogen (secondary N) is 1. The standard InChI is InChI=1S/C19H23FN6O2S/c1-26-17(16-6-5-12(21)11(20)9-28-16)14(8-23-26)24-18(27)15-10-29-19(25-15)13-4-2-3-7-22-13/h2-4,7-8,10-12,16,18,24,27H,5-6,9,21H2,1H3/t11-,12-,16+,18?/m1/s1. The van der Waals surface area contributed by atoms with Crippen molar-refractivity contribution in [3.8, 4) is 10.7 Å². The summed E-state index contributed by atoms with van der Waals surface area (Å²) in [6, 6.07) is 5.07. The highest BCUT2D eigenvalue weighted by Crippen LogP contribution is 2.34. The third kappa shape index (κ3) is 4.30. The summed E-state index contributed by atoms with van der Waals surface area (Å²) in [5.74, 6) is 0. The highest BCUT2D eigenvalue weighted by molar-refractivity contribution is 7.13. The average Bonchev–Trinajstić information content (AvgIpc) is 3.32. The van der Waals surface area contributed by atoms with E-state index in [0.717, 1.165) is 16.4 Å². The topological polar surface area (TPSA) is 111 Å². The molecule has 4 atom stereocenters. The fraction of sp³-hybridized carbons (Fsp3) is 0.421. The Bertz CT molecular complexity index is 937. The lowest BCUT2D eigenvalue weighted by atomic mass is 10.0. The number of aromatic nitrogens is 4. The van der Waals surface area contributed by atoms with Crippen LogP contribution < -0.4 is 11.1 Å². The molecular weight excluding hydrogens is 395 g/mol. The minimum Gasteiger partial charge on any atom is -0.369 e. The molecule has 10 heteroatoms. The number of anilines is 1. The van der Waals surface area contributed by atoms with E-state index in [1.165, 1.54) is 11.3 Å². The van der Waals surface area contributed by atoms with Crippen LogP contribution in [0.5, 0.6) is 0 Å². The highest BCUT2D eigenvalue weighted by atomic mass is 32.1. The van der Waals surface area contributed by atoms with Crippen molar-refractivity contribution in [3.63, 3.8) is 0 Å². The van der Waals surface area contributed by atoms with Crippen LogP contribution >= 0.6 is 11.3 Å². The Labute approximate surface area is 171 Å². The van der Waals surface area contributed by atoms with E-state index in [0.29, 0.717) is 24.2 Å². The fourth-order valence-corrected chi connectivity index (χ4v) is 4.15. The Kier molecular flexibility index (Phi) is 5.86. The van der Waals surface area contributed by atoms with Gasteiger partial charge in [0.25, 0.3) is 0 Å². The Balaban J connectivity index is 1.51. The number of alkyl halides is 1. The SMILES string of the molecule is Cn1ncc(NC(O)c2csc(-c3ccccn3)n2)c1[C@@H]1CC[C@@H](N)[C@H](F)CO1. The van der Waals surface area contributed by atoms with Crippen molar-refractivity contribution in [2.45, 2.75) is 37.4 Å². The lowest BCUT2D eigenvalue weighted by Crippen LogP contribution is -2.32. The third-order valence-electron chi connectivity index (χ3n) is 4.95. The number of ether oxygens (including phenoxy) is 1. The first-order chi connectivity index (χ1) is 14.0. The van der Waals surface area contributed by atoms with Gasteiger partial charge < -0.3 is 20.9 Å². The molecule has 154 valence electrons. The van der Waals surface area contributed by atoms with Crippen molar-refractivity contribution in [3.05, 3.63) is 47.4 Å². The molecule has 0 aromatic carbocycles. The molecule has 4 heterocycles. The maximum atomic E-state index is 13.9. The van der Waals surface area contributed by atoms with Crippen molar-refractivity contribution in [1.29, 1.82) is 0 Å². The highest BCUT2D eigenvalue weighted by Gasteiger charge is 2.30. The van der Waals surface area contributed by atoms with E-state index in [-0.39, 0.29) is 12.7 Å². The van der Waals surface area contributed by atoms with E-state index < -0.39 is 18.4 Å². The minimum absolute atomic E-state index is 0.0570. The zero-order valence-corrected chi connectivity index (χ0v) is 16.7. The molecule has 8 nitrogen and oxygen atoms in total. The van der Waals surface area contributed by atoms with E-state index in [4.69, 9.17) is 10.5 Å². The molecule has 3 aromatic heterocycles. The van der Waals surface area contributed by atoms with Gasteiger partial charge in [-0.05, 0) is 25.0 Å². The van der Waals surface area contributed by atoms with Crippen LogP contribution in [0.25, 0.3) is 10.7 Å². The number of hydrogen-bond acceptors (Lipinski definition) is 8. The first-order valence-corrected chi connectivity index (χ1v) is 10.3. The summed E-state index contributed by atoms with van der Waals surface area (Å²) < 4.78 is 21.3. The van der Waals surface area contributed by atoms with Gasteiger partial charge in [0.15, 0.2) is 6.23 Å². The Morgan fingerprint density at radius 2 is 2.28 bits per heavy atom. The van der Waals surface area contributed by atoms with E-state index >= 15 is 0 Å². The molecule has 0 aliphatic carbocycles. The summed E-state index contributed by atoms with van der Waals surface area (Å²) in [4.78, 5) is 8.76. The molecule has 0 spiro atoms. The first kappa shape index (κ1) is 19.9. The quantitative estimate of drug-likeness (QED) is 0.546. The van der Waals surface area contributed by atoms with Crippen LogP contribution in [-0.4, -0.2) is 43.7 Å². The predicted molar refractivity (Wildman–Crippen MR) is 108 cm³/mol. The number of aliphatic hydroxyl groups excluding tert-OH is 1. The van der Waals surface area contributed by atoms with Crippen molar-refractivity contribution < 1.29 is 14.2 Å². The maximum absolute atomic E-state index is 13.9. The van der Waals surface area contributed by atoms with Crippen LogP contribution in [0.3, 0.4) is 0 Å². The number of aryl methyl sites for hydroxylation is 1. The van der Waals surface area contributed by atoms with Crippen molar-refractivity contribution in [1.82, 2.24) is 19.7 Å². The van der Waals surface area contributed by atoms with Crippen LogP contribution in [0.4, 0.5) is 10.1 Å². The minimum atomic E-state index is -1.18. The summed E-state index contributed by atoms with van der Waals surface area (Å²) in [7, 11) is 1.79. The van der Waals surface area contributed by atoms with Gasteiger partial charge in [-0.25, -0.2) is 9.37 Å². The molecule has 29 heavy (non-hydrogen) atoms. The molecule has 0 saturated carbocycles. The monoisotopic (exact) mass is 418 g/mol. The van der Waals surface area contributed by atoms with Crippen LogP contribution in [0.1, 0.15) is 36.6 Å². The van der Waals surface area contributed by atoms with E-state index in [1.54, 1.807) is 29.5 Å². The molecule has 4 rings (SSSR count). The summed E-state index contributed by atoms with van der Waals surface area (Å²) in [6.07, 6.45) is 1.83. The predicted octanol–water partition coefficient (Wildman–Crippen LogP) is 2.56. The third-order valence-corrected chi connectivity index (χ3v) is 5.83. The van der Waals surface area contributed by atoms with Gasteiger partial charge in [0.1, 0.15) is 23.0 Å². The van der Waals surface area contributed by atoms with Gasteiger partial charge in [-0.2, -0.15) is 5.10 Å². The average molecular weight is 418 g/mol. The van der Waals surface area contributed by atoms with Gasteiger partial charge in [0, 0.05) is 24.7 Å². The number of thiazole rings is 1. The number of nitrogens with zero attached hydrogens (tertiary/aromatic N) is 4. The van der Waals surface area contributed by atoms with E-state index in [9.17, 15) is 9.50 Å². The second-order valence-corrected chi connectivity index (χ2v) is 7.84. The molecule has 0 amide bonds. The van der Waals surface area contributed by atoms with Gasteiger partial charge in [-0.15, -0.1) is 11.3 Å². The fourth-order valence-electron chi connectivity index (χ4n) is 3.34. The first-order valence-electron chi connectivity index (χ1n) is 9.37. The Morgan fingerprint density at radius 3 is 3.07 bits per heavy atom. The zero-order chi connectivity index (χ0) is 20.4. The molecule has 3 aromatic rings. The molecule has 1 aliphatic rings. The molecule has 4 N–H and O–H groups in total. The van der Waals surface area contributed by atoms with Gasteiger partial charge in [0.2, 0.25) is 0 Å². The number of nitrogens with two attached hydrogens (primary N) is 1. The number of rotatable bonds is 5. The summed E-state index contributed by atoms with van der Waals surface area (Å²) in [5, 5.41) is 20.5. The zero-order valence-electron chi connectivity index (χ0n) is 15.9. The van der Waals surface area contributed by atoms with Gasteiger partial charge in [0.05, 0.1) is 29.9 Å². The largest absolute Gasteiger partial charge is 0.369 e. The van der Waals surface area contributed by atoms with E-state index in [1.807, 2.05) is 18.2 Å². The number of halogens is 1. The van der Waals surface area contributed by atoms with E-state index in [2.05, 4.69) is 20.4 Å². The number of hydrogen-bond donors (Lipinski definition) is 3. The van der Waals surface area contributed by atoms with Gasteiger partial charge >= 0.3 is 0 Å². The summed E-state index contributed by atoms with van der Waals surface area (Å²) in [5.41, 5.74) is 8.42. The second kappa shape index (κ2) is 8.54. The maximum Gasteiger partial charge on any atom is 0.169 e. The van der Waals surface area contributed by atoms with Crippen molar-refractivity contribution >= 4 is 17.0 Å². The Hall–Kier alpha value is -2.40. The van der Waals surface area contributed by atoms with Crippen LogP contribution in [0, 0.1) is 0 Å².